The van der Waals surface area contributed by atoms with E-state index in [1.54, 1.807) is 60.7 Å². The van der Waals surface area contributed by atoms with Crippen molar-refractivity contribution in [3.63, 3.8) is 0 Å². The molecule has 0 aliphatic heterocycles. The van der Waals surface area contributed by atoms with Crippen LogP contribution in [0.15, 0.2) is 89.8 Å². The highest BCUT2D eigenvalue weighted by molar-refractivity contribution is 7.89. The number of carbonyl (C=O) groups excluding carboxylic acids is 2. The van der Waals surface area contributed by atoms with Gasteiger partial charge in [0.15, 0.2) is 5.11 Å². The monoisotopic (exact) mass is 454 g/mol. The van der Waals surface area contributed by atoms with Gasteiger partial charge in [-0.2, -0.15) is 0 Å². The first kappa shape index (κ1) is 22.1. The molecule has 2 amide bonds. The number of nitrogens with one attached hydrogen (secondary N) is 4. The Morgan fingerprint density at radius 3 is 1.87 bits per heavy atom. The third-order valence-electron chi connectivity index (χ3n) is 4.02. The summed E-state index contributed by atoms with van der Waals surface area (Å²) in [4.78, 5) is 26.4. The van der Waals surface area contributed by atoms with Gasteiger partial charge in [0.1, 0.15) is 0 Å². The van der Waals surface area contributed by atoms with Crippen LogP contribution in [0.1, 0.15) is 20.7 Å². The number of carbonyl (C=O) groups is 2. The fraction of sp³-hybridized carbons (Fsp3) is 0. The summed E-state index contributed by atoms with van der Waals surface area (Å²) in [6.07, 6.45) is 0. The van der Waals surface area contributed by atoms with E-state index < -0.39 is 15.9 Å². The molecule has 0 aromatic heterocycles. The first-order valence-electron chi connectivity index (χ1n) is 9.00. The van der Waals surface area contributed by atoms with Crippen LogP contribution in [-0.4, -0.2) is 25.3 Å². The molecule has 0 fully saturated rings. The molecule has 10 heteroatoms. The van der Waals surface area contributed by atoms with E-state index in [-0.39, 0.29) is 21.5 Å². The van der Waals surface area contributed by atoms with Gasteiger partial charge in [0.2, 0.25) is 0 Å². The molecule has 0 spiro atoms. The van der Waals surface area contributed by atoms with Crippen molar-refractivity contribution in [2.75, 3.05) is 5.32 Å². The van der Waals surface area contributed by atoms with Crippen molar-refractivity contribution in [1.82, 2.24) is 15.6 Å². The third kappa shape index (κ3) is 6.19. The van der Waals surface area contributed by atoms with E-state index in [0.29, 0.717) is 11.3 Å². The van der Waals surface area contributed by atoms with Crippen LogP contribution in [0.25, 0.3) is 0 Å². The lowest BCUT2D eigenvalue weighted by Gasteiger charge is -2.11. The predicted octanol–water partition coefficient (Wildman–Crippen LogP) is 2.44. The second-order valence-corrected chi connectivity index (χ2v) is 8.31. The summed E-state index contributed by atoms with van der Waals surface area (Å²) in [5.41, 5.74) is 3.40. The Labute approximate surface area is 184 Å². The number of thiocarbonyl (C=S) groups is 1. The summed E-state index contributed by atoms with van der Waals surface area (Å²) in [5, 5.41) is 5.50. The topological polar surface area (TPSA) is 116 Å². The molecule has 0 unspecified atom stereocenters. The van der Waals surface area contributed by atoms with Crippen LogP contribution >= 0.6 is 12.2 Å². The van der Waals surface area contributed by atoms with Crippen molar-refractivity contribution < 1.29 is 18.0 Å². The number of sulfonamides is 1. The van der Waals surface area contributed by atoms with Crippen molar-refractivity contribution >= 4 is 44.9 Å². The van der Waals surface area contributed by atoms with Crippen LogP contribution in [0.3, 0.4) is 0 Å². The summed E-state index contributed by atoms with van der Waals surface area (Å²) in [5.74, 6) is -0.981. The van der Waals surface area contributed by atoms with E-state index in [0.717, 1.165) is 0 Å². The Bertz CT molecular complexity index is 1180. The minimum atomic E-state index is -3.87. The zero-order valence-corrected chi connectivity index (χ0v) is 17.7. The van der Waals surface area contributed by atoms with Gasteiger partial charge in [-0.1, -0.05) is 36.4 Å². The lowest BCUT2D eigenvalue weighted by atomic mass is 10.2. The molecule has 0 heterocycles. The normalized spacial score (nSPS) is 10.7. The standard InChI is InChI=1S/C21H18N4O4S2/c26-19(15-7-3-1-4-8-15)23-21(30)22-17-13-11-16(12-14-17)20(27)24-25-31(28,29)18-9-5-2-6-10-18/h1-14,25H,(H,24,27)(H2,22,23,26,30). The Morgan fingerprint density at radius 1 is 0.710 bits per heavy atom. The quantitative estimate of drug-likeness (QED) is 0.336. The van der Waals surface area contributed by atoms with E-state index in [1.807, 2.05) is 4.83 Å². The van der Waals surface area contributed by atoms with E-state index in [2.05, 4.69) is 16.1 Å². The lowest BCUT2D eigenvalue weighted by molar-refractivity contribution is 0.0943. The highest BCUT2D eigenvalue weighted by Crippen LogP contribution is 2.10. The largest absolute Gasteiger partial charge is 0.332 e. The number of hydrogen-bond donors (Lipinski definition) is 4. The maximum atomic E-state index is 12.2. The zero-order valence-electron chi connectivity index (χ0n) is 16.0. The van der Waals surface area contributed by atoms with Gasteiger partial charge >= 0.3 is 0 Å². The summed E-state index contributed by atoms with van der Waals surface area (Å²) in [6, 6.07) is 22.4. The summed E-state index contributed by atoms with van der Waals surface area (Å²) in [7, 11) is -3.87. The van der Waals surface area contributed by atoms with Gasteiger partial charge in [-0.05, 0) is 60.7 Å². The zero-order chi connectivity index (χ0) is 22.3. The first-order valence-corrected chi connectivity index (χ1v) is 10.9. The molecule has 31 heavy (non-hydrogen) atoms. The number of anilines is 1. The van der Waals surface area contributed by atoms with E-state index in [4.69, 9.17) is 12.2 Å². The third-order valence-corrected chi connectivity index (χ3v) is 5.49. The Hall–Kier alpha value is -3.60. The van der Waals surface area contributed by atoms with Crippen molar-refractivity contribution in [2.45, 2.75) is 4.90 Å². The molecule has 0 saturated heterocycles. The van der Waals surface area contributed by atoms with Crippen molar-refractivity contribution in [3.05, 3.63) is 96.1 Å². The van der Waals surface area contributed by atoms with Crippen molar-refractivity contribution in [2.24, 2.45) is 0 Å². The van der Waals surface area contributed by atoms with Gasteiger partial charge < -0.3 is 5.32 Å². The molecule has 0 atom stereocenters. The molecule has 0 bridgehead atoms. The van der Waals surface area contributed by atoms with Gasteiger partial charge in [-0.25, -0.2) is 8.42 Å². The van der Waals surface area contributed by atoms with Crippen LogP contribution < -0.4 is 20.9 Å². The Morgan fingerprint density at radius 2 is 1.26 bits per heavy atom. The van der Waals surface area contributed by atoms with E-state index >= 15 is 0 Å². The Balaban J connectivity index is 1.54. The molecule has 3 aromatic rings. The molecule has 158 valence electrons. The predicted molar refractivity (Wildman–Crippen MR) is 121 cm³/mol. The van der Waals surface area contributed by atoms with Gasteiger partial charge in [-0.15, -0.1) is 4.83 Å². The first-order chi connectivity index (χ1) is 14.8. The summed E-state index contributed by atoms with van der Waals surface area (Å²) in [6.45, 7) is 0. The number of benzene rings is 3. The Kier molecular flexibility index (Phi) is 7.08. The van der Waals surface area contributed by atoms with Gasteiger partial charge in [-0.3, -0.25) is 20.3 Å². The fourth-order valence-electron chi connectivity index (χ4n) is 2.48. The summed E-state index contributed by atoms with van der Waals surface area (Å²) >= 11 is 5.13. The van der Waals surface area contributed by atoms with Gasteiger partial charge in [0.25, 0.3) is 21.8 Å². The number of hydrogen-bond acceptors (Lipinski definition) is 5. The molecule has 0 saturated carbocycles. The lowest BCUT2D eigenvalue weighted by Crippen LogP contribution is -2.41. The molecular formula is C21H18N4O4S2. The summed E-state index contributed by atoms with van der Waals surface area (Å²) < 4.78 is 24.3. The maximum Gasteiger partial charge on any atom is 0.266 e. The average molecular weight is 455 g/mol. The van der Waals surface area contributed by atoms with E-state index in [1.165, 1.54) is 24.3 Å². The smallest absolute Gasteiger partial charge is 0.266 e. The molecule has 3 rings (SSSR count). The SMILES string of the molecule is O=C(NNS(=O)(=O)c1ccccc1)c1ccc(NC(=S)NC(=O)c2ccccc2)cc1. The van der Waals surface area contributed by atoms with Gasteiger partial charge in [0, 0.05) is 16.8 Å². The molecule has 8 nitrogen and oxygen atoms in total. The number of rotatable bonds is 6. The van der Waals surface area contributed by atoms with E-state index in [9.17, 15) is 18.0 Å². The van der Waals surface area contributed by atoms with Crippen LogP contribution in [0.5, 0.6) is 0 Å². The van der Waals surface area contributed by atoms with Crippen LogP contribution in [0.4, 0.5) is 5.69 Å². The minimum absolute atomic E-state index is 0.0286. The second-order valence-electron chi connectivity index (χ2n) is 6.22. The van der Waals surface area contributed by atoms with Gasteiger partial charge in [0.05, 0.1) is 4.90 Å². The van der Waals surface area contributed by atoms with Crippen LogP contribution in [0, 0.1) is 0 Å². The average Bonchev–Trinajstić information content (AvgIpc) is 2.79. The molecular weight excluding hydrogens is 436 g/mol. The minimum Gasteiger partial charge on any atom is -0.332 e. The molecule has 3 aromatic carbocycles. The van der Waals surface area contributed by atoms with Crippen LogP contribution in [-0.2, 0) is 10.0 Å². The van der Waals surface area contributed by atoms with Crippen molar-refractivity contribution in [3.8, 4) is 0 Å². The number of amides is 2. The van der Waals surface area contributed by atoms with Crippen LogP contribution in [0.2, 0.25) is 0 Å². The fourth-order valence-corrected chi connectivity index (χ4v) is 3.55. The number of hydrazine groups is 1. The molecule has 0 aliphatic carbocycles. The molecule has 4 N–H and O–H groups in total. The second kappa shape index (κ2) is 9.94. The highest BCUT2D eigenvalue weighted by Gasteiger charge is 2.15. The van der Waals surface area contributed by atoms with Crippen molar-refractivity contribution in [1.29, 1.82) is 0 Å². The molecule has 0 radical (unpaired) electrons. The maximum absolute atomic E-state index is 12.2. The highest BCUT2D eigenvalue weighted by atomic mass is 32.2. The molecule has 0 aliphatic rings.